The van der Waals surface area contributed by atoms with Gasteiger partial charge in [0, 0.05) is 18.3 Å². The lowest BCUT2D eigenvalue weighted by Crippen LogP contribution is -2.09. The topological polar surface area (TPSA) is 85.4 Å². The Labute approximate surface area is 163 Å². The Balaban J connectivity index is 1.73. The van der Waals surface area contributed by atoms with Crippen molar-refractivity contribution >= 4 is 23.4 Å². The van der Waals surface area contributed by atoms with Crippen molar-refractivity contribution < 1.29 is 14.3 Å². The van der Waals surface area contributed by atoms with E-state index in [2.05, 4.69) is 20.6 Å². The summed E-state index contributed by atoms with van der Waals surface area (Å²) in [4.78, 5) is 20.8. The van der Waals surface area contributed by atoms with E-state index in [0.29, 0.717) is 36.2 Å². The van der Waals surface area contributed by atoms with Crippen molar-refractivity contribution in [2.75, 3.05) is 24.4 Å². The number of hydrogen-bond acceptors (Lipinski definition) is 7. The summed E-state index contributed by atoms with van der Waals surface area (Å²) in [6.07, 6.45) is 1.65. The second-order valence-electron chi connectivity index (χ2n) is 5.82. The largest absolute Gasteiger partial charge is 0.496 e. The zero-order valence-corrected chi connectivity index (χ0v) is 15.8. The van der Waals surface area contributed by atoms with Crippen LogP contribution < -0.4 is 15.4 Å². The van der Waals surface area contributed by atoms with Crippen LogP contribution in [-0.4, -0.2) is 29.7 Å². The maximum absolute atomic E-state index is 12.1. The van der Waals surface area contributed by atoms with Crippen LogP contribution in [0.4, 0.5) is 17.5 Å². The standard InChI is InChI=1S/C21H22N4O3/c1-3-28-20(26)16-9-5-6-10-17(16)24-19-12-13-22-21(25-19)23-14-15-8-4-7-11-18(15)27-2/h4-13H,3,14H2,1-2H3,(H2,22,23,24,25). The summed E-state index contributed by atoms with van der Waals surface area (Å²) in [7, 11) is 1.64. The number of esters is 1. The first-order valence-corrected chi connectivity index (χ1v) is 8.93. The molecular formula is C21H22N4O3. The van der Waals surface area contributed by atoms with Crippen molar-refractivity contribution in [1.82, 2.24) is 9.97 Å². The molecule has 0 amide bonds. The SMILES string of the molecule is CCOC(=O)c1ccccc1Nc1ccnc(NCc2ccccc2OC)n1. The van der Waals surface area contributed by atoms with E-state index in [4.69, 9.17) is 9.47 Å². The molecule has 3 rings (SSSR count). The molecule has 0 radical (unpaired) electrons. The molecule has 1 heterocycles. The summed E-state index contributed by atoms with van der Waals surface area (Å²) in [5, 5.41) is 6.34. The first kappa shape index (κ1) is 19.2. The average Bonchev–Trinajstić information content (AvgIpc) is 2.73. The predicted octanol–water partition coefficient (Wildman–Crippen LogP) is 4.02. The van der Waals surface area contributed by atoms with E-state index in [1.807, 2.05) is 30.3 Å². The number of benzene rings is 2. The summed E-state index contributed by atoms with van der Waals surface area (Å²) < 4.78 is 10.5. The van der Waals surface area contributed by atoms with Crippen LogP contribution in [0.5, 0.6) is 5.75 Å². The average molecular weight is 378 g/mol. The lowest BCUT2D eigenvalue weighted by Gasteiger charge is -2.12. The molecule has 0 saturated carbocycles. The Morgan fingerprint density at radius 2 is 1.86 bits per heavy atom. The molecule has 7 heteroatoms. The highest BCUT2D eigenvalue weighted by molar-refractivity contribution is 5.96. The maximum atomic E-state index is 12.1. The van der Waals surface area contributed by atoms with E-state index in [0.717, 1.165) is 11.3 Å². The van der Waals surface area contributed by atoms with Gasteiger partial charge in [-0.2, -0.15) is 4.98 Å². The van der Waals surface area contributed by atoms with Crippen LogP contribution in [0.15, 0.2) is 60.8 Å². The fourth-order valence-corrected chi connectivity index (χ4v) is 2.65. The first-order valence-electron chi connectivity index (χ1n) is 8.93. The summed E-state index contributed by atoms with van der Waals surface area (Å²) in [6.45, 7) is 2.61. The van der Waals surface area contributed by atoms with Crippen LogP contribution in [0, 0.1) is 0 Å². The Kier molecular flexibility index (Phi) is 6.41. The van der Waals surface area contributed by atoms with E-state index in [-0.39, 0.29) is 5.97 Å². The van der Waals surface area contributed by atoms with Crippen LogP contribution in [0.1, 0.15) is 22.8 Å². The fraction of sp³-hybridized carbons (Fsp3) is 0.190. The number of carbonyl (C=O) groups is 1. The second kappa shape index (κ2) is 9.36. The normalized spacial score (nSPS) is 10.2. The quantitative estimate of drug-likeness (QED) is 0.573. The molecule has 0 aliphatic rings. The van der Waals surface area contributed by atoms with Crippen molar-refractivity contribution in [3.63, 3.8) is 0 Å². The number of nitrogens with one attached hydrogen (secondary N) is 2. The summed E-state index contributed by atoms with van der Waals surface area (Å²) >= 11 is 0. The number of methoxy groups -OCH3 is 1. The molecule has 28 heavy (non-hydrogen) atoms. The molecule has 0 bridgehead atoms. The molecule has 0 unspecified atom stereocenters. The van der Waals surface area contributed by atoms with E-state index in [1.165, 1.54) is 0 Å². The van der Waals surface area contributed by atoms with E-state index < -0.39 is 0 Å². The van der Waals surface area contributed by atoms with Crippen LogP contribution in [0.25, 0.3) is 0 Å². The molecule has 0 aliphatic heterocycles. The van der Waals surface area contributed by atoms with Gasteiger partial charge in [-0.15, -0.1) is 0 Å². The minimum atomic E-state index is -0.380. The Morgan fingerprint density at radius 3 is 2.68 bits per heavy atom. The number of rotatable bonds is 8. The number of anilines is 3. The Morgan fingerprint density at radius 1 is 1.07 bits per heavy atom. The van der Waals surface area contributed by atoms with E-state index in [1.54, 1.807) is 44.5 Å². The van der Waals surface area contributed by atoms with Crippen molar-refractivity contribution in [3.05, 3.63) is 71.9 Å². The van der Waals surface area contributed by atoms with Gasteiger partial charge in [0.1, 0.15) is 11.6 Å². The minimum absolute atomic E-state index is 0.317. The predicted molar refractivity (Wildman–Crippen MR) is 108 cm³/mol. The lowest BCUT2D eigenvalue weighted by molar-refractivity contribution is 0.0527. The number of carbonyl (C=O) groups excluding carboxylic acids is 1. The second-order valence-corrected chi connectivity index (χ2v) is 5.82. The van der Waals surface area contributed by atoms with Crippen LogP contribution in [-0.2, 0) is 11.3 Å². The zero-order chi connectivity index (χ0) is 19.8. The number of para-hydroxylation sites is 2. The number of ether oxygens (including phenoxy) is 2. The summed E-state index contributed by atoms with van der Waals surface area (Å²) in [5.41, 5.74) is 2.07. The van der Waals surface area contributed by atoms with Crippen molar-refractivity contribution in [3.8, 4) is 5.75 Å². The maximum Gasteiger partial charge on any atom is 0.340 e. The molecule has 0 spiro atoms. The van der Waals surface area contributed by atoms with Gasteiger partial charge in [-0.1, -0.05) is 30.3 Å². The summed E-state index contributed by atoms with van der Waals surface area (Å²) in [6, 6.07) is 16.6. The molecule has 0 fully saturated rings. The highest BCUT2D eigenvalue weighted by atomic mass is 16.5. The van der Waals surface area contributed by atoms with Gasteiger partial charge in [0.2, 0.25) is 5.95 Å². The number of aromatic nitrogens is 2. The van der Waals surface area contributed by atoms with Gasteiger partial charge >= 0.3 is 5.97 Å². The molecule has 7 nitrogen and oxygen atoms in total. The van der Waals surface area contributed by atoms with Gasteiger partial charge in [0.25, 0.3) is 0 Å². The zero-order valence-electron chi connectivity index (χ0n) is 15.8. The Bertz CT molecular complexity index is 946. The van der Waals surface area contributed by atoms with Gasteiger partial charge in [0.05, 0.1) is 25.0 Å². The van der Waals surface area contributed by atoms with Crippen molar-refractivity contribution in [2.24, 2.45) is 0 Å². The molecule has 3 aromatic rings. The summed E-state index contributed by atoms with van der Waals surface area (Å²) in [5.74, 6) is 1.45. The highest BCUT2D eigenvalue weighted by Crippen LogP contribution is 2.22. The van der Waals surface area contributed by atoms with Crippen LogP contribution >= 0.6 is 0 Å². The molecule has 1 aromatic heterocycles. The van der Waals surface area contributed by atoms with Gasteiger partial charge in [-0.05, 0) is 31.2 Å². The third-order valence-corrected chi connectivity index (χ3v) is 3.97. The monoisotopic (exact) mass is 378 g/mol. The number of hydrogen-bond donors (Lipinski definition) is 2. The van der Waals surface area contributed by atoms with Gasteiger partial charge in [-0.25, -0.2) is 9.78 Å². The lowest BCUT2D eigenvalue weighted by atomic mass is 10.2. The third-order valence-electron chi connectivity index (χ3n) is 3.97. The molecule has 144 valence electrons. The third kappa shape index (κ3) is 4.76. The van der Waals surface area contributed by atoms with Gasteiger partial charge < -0.3 is 20.1 Å². The number of nitrogens with zero attached hydrogens (tertiary/aromatic N) is 2. The van der Waals surface area contributed by atoms with Crippen molar-refractivity contribution in [1.29, 1.82) is 0 Å². The molecule has 0 aliphatic carbocycles. The van der Waals surface area contributed by atoms with Crippen LogP contribution in [0.3, 0.4) is 0 Å². The minimum Gasteiger partial charge on any atom is -0.496 e. The van der Waals surface area contributed by atoms with Gasteiger partial charge in [-0.3, -0.25) is 0 Å². The smallest absolute Gasteiger partial charge is 0.340 e. The molecule has 0 atom stereocenters. The van der Waals surface area contributed by atoms with E-state index in [9.17, 15) is 4.79 Å². The Hall–Kier alpha value is -3.61. The van der Waals surface area contributed by atoms with Gasteiger partial charge in [0.15, 0.2) is 0 Å². The molecular weight excluding hydrogens is 356 g/mol. The first-order chi connectivity index (χ1) is 13.7. The fourth-order valence-electron chi connectivity index (χ4n) is 2.65. The highest BCUT2D eigenvalue weighted by Gasteiger charge is 2.12. The molecule has 0 saturated heterocycles. The van der Waals surface area contributed by atoms with Crippen molar-refractivity contribution in [2.45, 2.75) is 13.5 Å². The molecule has 2 aromatic carbocycles. The molecule has 2 N–H and O–H groups in total. The van der Waals surface area contributed by atoms with Crippen LogP contribution in [0.2, 0.25) is 0 Å². The van der Waals surface area contributed by atoms with E-state index >= 15 is 0 Å².